The number of anilines is 2. The number of esters is 1. The molecule has 0 aliphatic rings. The number of rotatable bonds is 9. The number of carbonyl (C=O) groups excluding carboxylic acids is 2. The van der Waals surface area contributed by atoms with Gasteiger partial charge in [-0.2, -0.15) is 0 Å². The number of nitrogens with zero attached hydrogens (tertiary/aromatic N) is 1. The molecule has 2 aromatic carbocycles. The highest BCUT2D eigenvalue weighted by Gasteiger charge is 2.11. The molecule has 0 aliphatic heterocycles. The Bertz CT molecular complexity index is 860. The zero-order valence-corrected chi connectivity index (χ0v) is 17.1. The van der Waals surface area contributed by atoms with Crippen molar-refractivity contribution in [2.75, 3.05) is 44.6 Å². The van der Waals surface area contributed by atoms with E-state index in [4.69, 9.17) is 14.2 Å². The highest BCUT2D eigenvalue weighted by atomic mass is 16.6. The van der Waals surface area contributed by atoms with Crippen molar-refractivity contribution in [2.45, 2.75) is 6.92 Å². The maximum Gasteiger partial charge on any atom is 0.344 e. The second kappa shape index (κ2) is 10.8. The maximum absolute atomic E-state index is 11.9. The van der Waals surface area contributed by atoms with Crippen molar-refractivity contribution in [3.05, 3.63) is 54.1 Å². The average molecular weight is 398 g/mol. The Morgan fingerprint density at radius 2 is 1.76 bits per heavy atom. The minimum atomic E-state index is -0.650. The van der Waals surface area contributed by atoms with Crippen LogP contribution in [0.3, 0.4) is 0 Å². The quantitative estimate of drug-likeness (QED) is 0.653. The van der Waals surface area contributed by atoms with Gasteiger partial charge in [0.1, 0.15) is 0 Å². The highest BCUT2D eigenvalue weighted by molar-refractivity contribution is 5.93. The van der Waals surface area contributed by atoms with Crippen LogP contribution in [0.1, 0.15) is 12.5 Å². The van der Waals surface area contributed by atoms with Crippen LogP contribution in [-0.2, 0) is 14.3 Å². The monoisotopic (exact) mass is 398 g/mol. The number of hydrogen-bond donors (Lipinski definition) is 1. The van der Waals surface area contributed by atoms with E-state index in [-0.39, 0.29) is 6.61 Å². The molecule has 0 fully saturated rings. The summed E-state index contributed by atoms with van der Waals surface area (Å²) < 4.78 is 15.7. The second-order valence-corrected chi connectivity index (χ2v) is 6.35. The fourth-order valence-electron chi connectivity index (χ4n) is 2.46. The van der Waals surface area contributed by atoms with Crippen LogP contribution < -0.4 is 19.7 Å². The second-order valence-electron chi connectivity index (χ2n) is 6.35. The molecule has 1 N–H and O–H groups in total. The number of hydrogen-bond acceptors (Lipinski definition) is 6. The Morgan fingerprint density at radius 3 is 2.38 bits per heavy atom. The van der Waals surface area contributed by atoms with E-state index in [9.17, 15) is 9.59 Å². The zero-order chi connectivity index (χ0) is 21.2. The first-order valence-electron chi connectivity index (χ1n) is 9.09. The van der Waals surface area contributed by atoms with Gasteiger partial charge in [-0.05, 0) is 48.9 Å². The summed E-state index contributed by atoms with van der Waals surface area (Å²) >= 11 is 0. The Hall–Kier alpha value is -3.48. The molecular weight excluding hydrogens is 372 g/mol. The molecule has 154 valence electrons. The predicted octanol–water partition coefficient (Wildman–Crippen LogP) is 3.36. The van der Waals surface area contributed by atoms with Crippen LogP contribution in [0.5, 0.6) is 11.5 Å². The van der Waals surface area contributed by atoms with Crippen LogP contribution >= 0.6 is 0 Å². The zero-order valence-electron chi connectivity index (χ0n) is 17.1. The third-order valence-corrected chi connectivity index (χ3v) is 3.92. The van der Waals surface area contributed by atoms with Crippen molar-refractivity contribution in [2.24, 2.45) is 0 Å². The fourth-order valence-corrected chi connectivity index (χ4v) is 2.46. The lowest BCUT2D eigenvalue weighted by molar-refractivity contribution is -0.149. The average Bonchev–Trinajstić information content (AvgIpc) is 2.71. The van der Waals surface area contributed by atoms with Gasteiger partial charge in [-0.15, -0.1) is 0 Å². The predicted molar refractivity (Wildman–Crippen MR) is 114 cm³/mol. The van der Waals surface area contributed by atoms with Crippen molar-refractivity contribution in [1.29, 1.82) is 0 Å². The number of benzene rings is 2. The Labute approximate surface area is 170 Å². The number of methoxy groups -OCH3 is 1. The van der Waals surface area contributed by atoms with Crippen LogP contribution in [0.2, 0.25) is 0 Å². The molecule has 0 heterocycles. The minimum Gasteiger partial charge on any atom is -0.493 e. The minimum absolute atomic E-state index is 0.329. The summed E-state index contributed by atoms with van der Waals surface area (Å²) in [5.41, 5.74) is 2.59. The number of amides is 1. The van der Waals surface area contributed by atoms with Gasteiger partial charge in [-0.3, -0.25) is 4.79 Å². The Balaban J connectivity index is 1.80. The van der Waals surface area contributed by atoms with Crippen LogP contribution in [0.4, 0.5) is 11.4 Å². The maximum atomic E-state index is 11.9. The molecule has 0 aliphatic carbocycles. The molecule has 7 nitrogen and oxygen atoms in total. The molecule has 0 saturated carbocycles. The van der Waals surface area contributed by atoms with E-state index in [0.29, 0.717) is 17.2 Å². The van der Waals surface area contributed by atoms with Gasteiger partial charge in [-0.25, -0.2) is 4.79 Å². The number of nitrogens with one attached hydrogen (secondary N) is 1. The summed E-state index contributed by atoms with van der Waals surface area (Å²) in [6.07, 6.45) is 3.83. The van der Waals surface area contributed by atoms with Crippen LogP contribution in [0.15, 0.2) is 48.5 Å². The van der Waals surface area contributed by atoms with Gasteiger partial charge >= 0.3 is 5.97 Å². The molecule has 0 aromatic heterocycles. The first kappa shape index (κ1) is 21.8. The molecule has 0 unspecified atom stereocenters. The number of ether oxygens (including phenoxy) is 3. The number of allylic oxidation sites excluding steroid dienone is 1. The Morgan fingerprint density at radius 1 is 1.03 bits per heavy atom. The first-order valence-corrected chi connectivity index (χ1v) is 9.09. The third kappa shape index (κ3) is 6.88. The smallest absolute Gasteiger partial charge is 0.344 e. The highest BCUT2D eigenvalue weighted by Crippen LogP contribution is 2.28. The van der Waals surface area contributed by atoms with E-state index >= 15 is 0 Å². The van der Waals surface area contributed by atoms with Crippen molar-refractivity contribution >= 4 is 29.3 Å². The number of carbonyl (C=O) groups is 2. The van der Waals surface area contributed by atoms with Gasteiger partial charge in [0.25, 0.3) is 5.91 Å². The van der Waals surface area contributed by atoms with E-state index in [1.54, 1.807) is 24.3 Å². The summed E-state index contributed by atoms with van der Waals surface area (Å²) in [5.74, 6) is -0.151. The summed E-state index contributed by atoms with van der Waals surface area (Å²) in [6.45, 7) is 1.20. The largest absolute Gasteiger partial charge is 0.493 e. The molecule has 0 spiro atoms. The van der Waals surface area contributed by atoms with Gasteiger partial charge in [0.05, 0.1) is 7.11 Å². The van der Waals surface area contributed by atoms with Gasteiger partial charge in [0, 0.05) is 25.5 Å². The SMILES string of the molecule is C/C=C/c1ccc(OCC(=O)OCC(=O)Nc2ccc(N(C)C)cc2)c(OC)c1. The van der Waals surface area contributed by atoms with Crippen molar-refractivity contribution in [1.82, 2.24) is 0 Å². The molecule has 1 amide bonds. The van der Waals surface area contributed by atoms with E-state index in [0.717, 1.165) is 11.3 Å². The first-order chi connectivity index (χ1) is 13.9. The molecule has 0 atom stereocenters. The van der Waals surface area contributed by atoms with Gasteiger partial charge in [0.2, 0.25) is 0 Å². The van der Waals surface area contributed by atoms with Crippen molar-refractivity contribution in [3.63, 3.8) is 0 Å². The topological polar surface area (TPSA) is 77.1 Å². The summed E-state index contributed by atoms with van der Waals surface area (Å²) in [7, 11) is 5.39. The van der Waals surface area contributed by atoms with Gasteiger partial charge < -0.3 is 24.4 Å². The van der Waals surface area contributed by atoms with Crippen LogP contribution in [0.25, 0.3) is 6.08 Å². The molecule has 0 radical (unpaired) electrons. The van der Waals surface area contributed by atoms with E-state index in [1.165, 1.54) is 7.11 Å². The van der Waals surface area contributed by atoms with Crippen LogP contribution in [-0.4, -0.2) is 46.3 Å². The molecule has 0 saturated heterocycles. The van der Waals surface area contributed by atoms with E-state index in [2.05, 4.69) is 5.32 Å². The van der Waals surface area contributed by atoms with Gasteiger partial charge in [-0.1, -0.05) is 18.2 Å². The summed E-state index contributed by atoms with van der Waals surface area (Å²) in [6, 6.07) is 12.7. The standard InChI is InChI=1S/C22H26N2O5/c1-5-6-16-7-12-19(20(13-16)27-4)28-15-22(26)29-14-21(25)23-17-8-10-18(11-9-17)24(2)3/h5-13H,14-15H2,1-4H3,(H,23,25)/b6-5+. The normalized spacial score (nSPS) is 10.5. The fraction of sp³-hybridized carbons (Fsp3) is 0.273. The molecule has 7 heteroatoms. The molecule has 2 aromatic rings. The third-order valence-electron chi connectivity index (χ3n) is 3.92. The van der Waals surface area contributed by atoms with E-state index < -0.39 is 18.5 Å². The van der Waals surface area contributed by atoms with Gasteiger partial charge in [0.15, 0.2) is 24.7 Å². The summed E-state index contributed by atoms with van der Waals surface area (Å²) in [4.78, 5) is 25.8. The van der Waals surface area contributed by atoms with E-state index in [1.807, 2.05) is 56.3 Å². The van der Waals surface area contributed by atoms with Crippen LogP contribution in [0, 0.1) is 0 Å². The lowest BCUT2D eigenvalue weighted by atomic mass is 10.2. The van der Waals surface area contributed by atoms with Crippen molar-refractivity contribution < 1.29 is 23.8 Å². The molecular formula is C22H26N2O5. The van der Waals surface area contributed by atoms with Crippen molar-refractivity contribution in [3.8, 4) is 11.5 Å². The Kier molecular flexibility index (Phi) is 8.09. The lowest BCUT2D eigenvalue weighted by Gasteiger charge is -2.13. The summed E-state index contributed by atoms with van der Waals surface area (Å²) in [5, 5.41) is 2.67. The molecule has 0 bridgehead atoms. The molecule has 2 rings (SSSR count). The lowest BCUT2D eigenvalue weighted by Crippen LogP contribution is -2.23. The molecule has 29 heavy (non-hydrogen) atoms.